The second-order valence-corrected chi connectivity index (χ2v) is 14.3. The third-order valence-corrected chi connectivity index (χ3v) is 10.5. The minimum Gasteiger partial charge on any atom is -0.310 e. The second kappa shape index (κ2) is 16.6. The molecule has 0 aliphatic rings. The SMILES string of the molecule is Cc1ccccc1.Cc1ccccc1-c1ccc(-c2cc(-c3cccc4ccccc34)ccc2-c2ccccc2N(c2ccccc2)c2ccccc2)cc1C. The average molecular weight is 720 g/mol. The van der Waals surface area contributed by atoms with Gasteiger partial charge in [-0.2, -0.15) is 0 Å². The Morgan fingerprint density at radius 2 is 0.804 bits per heavy atom. The highest BCUT2D eigenvalue weighted by atomic mass is 15.1. The monoisotopic (exact) mass is 719 g/mol. The summed E-state index contributed by atoms with van der Waals surface area (Å²) in [4.78, 5) is 2.37. The van der Waals surface area contributed by atoms with E-state index in [4.69, 9.17) is 0 Å². The molecule has 0 spiro atoms. The van der Waals surface area contributed by atoms with Crippen LogP contribution in [0, 0.1) is 20.8 Å². The third kappa shape index (κ3) is 7.67. The second-order valence-electron chi connectivity index (χ2n) is 14.3. The van der Waals surface area contributed by atoms with Gasteiger partial charge in [0, 0.05) is 16.9 Å². The zero-order valence-corrected chi connectivity index (χ0v) is 32.2. The maximum absolute atomic E-state index is 2.39. The van der Waals surface area contributed by atoms with Gasteiger partial charge in [-0.25, -0.2) is 0 Å². The summed E-state index contributed by atoms with van der Waals surface area (Å²) in [5.74, 6) is 0. The molecular formula is C55H45N. The van der Waals surface area contributed by atoms with Crippen LogP contribution < -0.4 is 4.90 Å². The molecule has 1 nitrogen and oxygen atoms in total. The molecule has 56 heavy (non-hydrogen) atoms. The van der Waals surface area contributed by atoms with Gasteiger partial charge >= 0.3 is 0 Å². The van der Waals surface area contributed by atoms with Crippen LogP contribution in [-0.2, 0) is 0 Å². The largest absolute Gasteiger partial charge is 0.310 e. The lowest BCUT2D eigenvalue weighted by atomic mass is 9.87. The summed E-state index contributed by atoms with van der Waals surface area (Å²) >= 11 is 0. The lowest BCUT2D eigenvalue weighted by Crippen LogP contribution is -2.11. The molecule has 0 aromatic heterocycles. The highest BCUT2D eigenvalue weighted by Gasteiger charge is 2.20. The van der Waals surface area contributed by atoms with E-state index >= 15 is 0 Å². The standard InChI is InChI=1S/C48H37N.C7H8/c1-34-16-9-11-23-41(34)42-30-28-37(32-35(42)2)47-33-38(44-26-15-18-36-17-10-12-24-43(36)44)29-31-45(47)46-25-13-14-27-48(46)49(39-19-5-3-6-20-39)40-21-7-4-8-22-40;1-7-5-3-2-4-6-7/h3-33H,1-2H3;2-6H,1H3. The van der Waals surface area contributed by atoms with Crippen molar-refractivity contribution in [2.45, 2.75) is 20.8 Å². The molecule has 0 saturated heterocycles. The molecule has 0 unspecified atom stereocenters. The molecule has 0 bridgehead atoms. The van der Waals surface area contributed by atoms with E-state index in [1.54, 1.807) is 0 Å². The van der Waals surface area contributed by atoms with Crippen LogP contribution in [0.4, 0.5) is 17.1 Å². The van der Waals surface area contributed by atoms with Crippen molar-refractivity contribution in [3.63, 3.8) is 0 Å². The number of nitrogens with zero attached hydrogens (tertiary/aromatic N) is 1. The summed E-state index contributed by atoms with van der Waals surface area (Å²) in [7, 11) is 0. The van der Waals surface area contributed by atoms with Gasteiger partial charge in [0.15, 0.2) is 0 Å². The molecule has 0 atom stereocenters. The van der Waals surface area contributed by atoms with E-state index in [0.29, 0.717) is 0 Å². The van der Waals surface area contributed by atoms with Gasteiger partial charge in [0.05, 0.1) is 5.69 Å². The maximum Gasteiger partial charge on any atom is 0.0540 e. The summed E-state index contributed by atoms with van der Waals surface area (Å²) < 4.78 is 0. The van der Waals surface area contributed by atoms with Gasteiger partial charge < -0.3 is 4.90 Å². The van der Waals surface area contributed by atoms with Crippen molar-refractivity contribution in [3.8, 4) is 44.5 Å². The van der Waals surface area contributed by atoms with Gasteiger partial charge in [0.1, 0.15) is 0 Å². The number of aryl methyl sites for hydroxylation is 3. The Labute approximate surface area is 331 Å². The number of rotatable bonds is 7. The number of fused-ring (bicyclic) bond motifs is 1. The molecule has 0 fully saturated rings. The minimum absolute atomic E-state index is 1.12. The topological polar surface area (TPSA) is 3.24 Å². The molecule has 9 aromatic rings. The van der Waals surface area contributed by atoms with Gasteiger partial charge in [-0.05, 0) is 118 Å². The summed E-state index contributed by atoms with van der Waals surface area (Å²) in [6.07, 6.45) is 0. The Hall–Kier alpha value is -6.96. The molecule has 1 heteroatoms. The quantitative estimate of drug-likeness (QED) is 0.159. The van der Waals surface area contributed by atoms with E-state index in [1.807, 2.05) is 18.2 Å². The van der Waals surface area contributed by atoms with Gasteiger partial charge in [0.2, 0.25) is 0 Å². The first-order valence-corrected chi connectivity index (χ1v) is 19.4. The van der Waals surface area contributed by atoms with Gasteiger partial charge in [-0.3, -0.25) is 0 Å². The predicted molar refractivity (Wildman–Crippen MR) is 241 cm³/mol. The highest BCUT2D eigenvalue weighted by Crippen LogP contribution is 2.45. The van der Waals surface area contributed by atoms with Crippen LogP contribution in [0.25, 0.3) is 55.3 Å². The summed E-state index contributed by atoms with van der Waals surface area (Å²) in [6.45, 7) is 6.51. The fourth-order valence-electron chi connectivity index (χ4n) is 7.68. The molecular weight excluding hydrogens is 675 g/mol. The van der Waals surface area contributed by atoms with Crippen molar-refractivity contribution in [1.82, 2.24) is 0 Å². The van der Waals surface area contributed by atoms with Crippen LogP contribution in [-0.4, -0.2) is 0 Å². The van der Waals surface area contributed by atoms with Crippen molar-refractivity contribution >= 4 is 27.8 Å². The number of benzene rings is 9. The minimum atomic E-state index is 1.12. The van der Waals surface area contributed by atoms with Gasteiger partial charge in [0.25, 0.3) is 0 Å². The van der Waals surface area contributed by atoms with E-state index in [9.17, 15) is 0 Å². The van der Waals surface area contributed by atoms with Crippen molar-refractivity contribution in [1.29, 1.82) is 0 Å². The van der Waals surface area contributed by atoms with Gasteiger partial charge in [-0.1, -0.05) is 188 Å². The van der Waals surface area contributed by atoms with Crippen LogP contribution >= 0.6 is 0 Å². The molecule has 0 aliphatic heterocycles. The van der Waals surface area contributed by atoms with Crippen molar-refractivity contribution in [3.05, 3.63) is 235 Å². The van der Waals surface area contributed by atoms with Crippen LogP contribution in [0.3, 0.4) is 0 Å². The fourth-order valence-corrected chi connectivity index (χ4v) is 7.68. The van der Waals surface area contributed by atoms with E-state index in [-0.39, 0.29) is 0 Å². The molecule has 0 heterocycles. The lowest BCUT2D eigenvalue weighted by molar-refractivity contribution is 1.28. The van der Waals surface area contributed by atoms with E-state index in [2.05, 4.69) is 226 Å². The van der Waals surface area contributed by atoms with Crippen molar-refractivity contribution in [2.24, 2.45) is 0 Å². The third-order valence-electron chi connectivity index (χ3n) is 10.5. The Kier molecular flexibility index (Phi) is 10.7. The first kappa shape index (κ1) is 36.0. The summed E-state index contributed by atoms with van der Waals surface area (Å²) in [5.41, 5.74) is 17.0. The molecule has 9 aromatic carbocycles. The zero-order valence-electron chi connectivity index (χ0n) is 32.2. The summed E-state index contributed by atoms with van der Waals surface area (Å²) in [5, 5.41) is 2.50. The molecule has 0 amide bonds. The average Bonchev–Trinajstić information content (AvgIpc) is 3.25. The van der Waals surface area contributed by atoms with Crippen LogP contribution in [0.5, 0.6) is 0 Å². The molecule has 270 valence electrons. The number of para-hydroxylation sites is 3. The molecule has 0 N–H and O–H groups in total. The summed E-state index contributed by atoms with van der Waals surface area (Å²) in [6, 6.07) is 78.3. The Balaban J connectivity index is 0.000000570. The predicted octanol–water partition coefficient (Wildman–Crippen LogP) is 15.6. The van der Waals surface area contributed by atoms with E-state index in [1.165, 1.54) is 72.0 Å². The lowest BCUT2D eigenvalue weighted by Gasteiger charge is -2.28. The first-order valence-electron chi connectivity index (χ1n) is 19.4. The fraction of sp³-hybridized carbons (Fsp3) is 0.0545. The first-order chi connectivity index (χ1) is 27.5. The maximum atomic E-state index is 2.39. The Morgan fingerprint density at radius 1 is 0.304 bits per heavy atom. The van der Waals surface area contributed by atoms with E-state index < -0.39 is 0 Å². The molecule has 0 aliphatic carbocycles. The van der Waals surface area contributed by atoms with Crippen molar-refractivity contribution < 1.29 is 0 Å². The number of anilines is 3. The number of hydrogen-bond donors (Lipinski definition) is 0. The van der Waals surface area contributed by atoms with Crippen LogP contribution in [0.15, 0.2) is 218 Å². The zero-order chi connectivity index (χ0) is 38.3. The van der Waals surface area contributed by atoms with Crippen molar-refractivity contribution in [2.75, 3.05) is 4.90 Å². The molecule has 0 saturated carbocycles. The Bertz CT molecular complexity index is 2670. The molecule has 9 rings (SSSR count). The van der Waals surface area contributed by atoms with Crippen LogP contribution in [0.1, 0.15) is 16.7 Å². The van der Waals surface area contributed by atoms with Crippen LogP contribution in [0.2, 0.25) is 0 Å². The Morgan fingerprint density at radius 3 is 1.45 bits per heavy atom. The highest BCUT2D eigenvalue weighted by molar-refractivity contribution is 6.00. The van der Waals surface area contributed by atoms with Gasteiger partial charge in [-0.15, -0.1) is 0 Å². The smallest absolute Gasteiger partial charge is 0.0540 e. The molecule has 0 radical (unpaired) electrons. The van der Waals surface area contributed by atoms with E-state index in [0.717, 1.165) is 17.1 Å². The normalized spacial score (nSPS) is 10.8. The number of hydrogen-bond acceptors (Lipinski definition) is 1.